The predicted octanol–water partition coefficient (Wildman–Crippen LogP) is 1.32. The van der Waals surface area contributed by atoms with E-state index in [0.29, 0.717) is 0 Å². The molecule has 0 aliphatic carbocycles. The van der Waals surface area contributed by atoms with Crippen molar-refractivity contribution in [2.45, 2.75) is 137 Å². The lowest BCUT2D eigenvalue weighted by molar-refractivity contribution is 0.410. The fourth-order valence-corrected chi connectivity index (χ4v) is 15.7. The standard InChI is InChI=1S/C89H89B48/c90-66(91)21-53(22-67(92)93)9-47(10-54(23-68(94)95)24-69(96)97)3-44(4-48(11-55(25-70(98)99)26-71(100)101)12-56(27-72(102)103)28-73(104)105)1-46(7-52(19-64(65(89(136)137)43-88(134)135)20-63(41-86(130)131)42-87(132)133)8-51(17-61(37-82(122)123)38-83(124)125)18-62(39-84(126)127)40-85(128)129)2-45(5-49(13-57(29-74(106)107)30-75(108)109)14-58(31-76(110)111)32-77(112)113)6-50(15-59(33-78(114)115)34-79(116)117)16-60(35-80(118)119)36-81(120)121/h1-89H/t52?,64?,65-/m1/s1. The van der Waals surface area contributed by atoms with E-state index in [1.165, 1.54) is 0 Å². The minimum absolute atomic E-state index is 0.827. The van der Waals surface area contributed by atoms with Crippen molar-refractivity contribution in [3.63, 3.8) is 0 Å². The first-order valence-corrected chi connectivity index (χ1v) is 45.3. The van der Waals surface area contributed by atoms with E-state index in [-0.39, 0.29) is 0 Å². The Bertz CT molecular complexity index is 2320. The van der Waals surface area contributed by atoms with Crippen LogP contribution < -0.4 is 0 Å². The van der Waals surface area contributed by atoms with E-state index >= 15 is 0 Å². The summed E-state index contributed by atoms with van der Waals surface area (Å²) in [5.74, 6) is -20.4. The molecule has 48 heteroatoms. The predicted molar refractivity (Wildman–Crippen MR) is 628 cm³/mol. The zero-order chi connectivity index (χ0) is 105. The smallest absolute Gasteiger partial charge is 0.0579 e. The van der Waals surface area contributed by atoms with Crippen molar-refractivity contribution < 1.29 is 0 Å². The van der Waals surface area contributed by atoms with E-state index < -0.39 is 267 Å². The first kappa shape index (κ1) is 140. The third-order valence-electron chi connectivity index (χ3n) is 20.0. The van der Waals surface area contributed by atoms with Gasteiger partial charge in [-0.1, -0.05) is 0 Å². The van der Waals surface area contributed by atoms with E-state index in [9.17, 15) is 0 Å². The second-order valence-electron chi connectivity index (χ2n) is 34.8. The highest BCUT2D eigenvalue weighted by Gasteiger charge is 2.41. The maximum atomic E-state index is 7.00. The van der Waals surface area contributed by atoms with Crippen molar-refractivity contribution in [2.24, 2.45) is 130 Å². The van der Waals surface area contributed by atoms with Gasteiger partial charge in [-0.15, -0.1) is 137 Å². The van der Waals surface area contributed by atoms with Gasteiger partial charge in [0.25, 0.3) is 0 Å². The van der Waals surface area contributed by atoms with Gasteiger partial charge in [-0.05, 0) is 406 Å². The molecule has 0 rings (SSSR count). The van der Waals surface area contributed by atoms with Crippen LogP contribution in [0, 0.1) is 406 Å². The molecule has 0 nitrogen and oxygen atoms in total. The van der Waals surface area contributed by atoms with Crippen LogP contribution in [-0.4, -0.2) is 377 Å². The Morgan fingerprint density at radius 2 is 0.139 bits per heavy atom. The Labute approximate surface area is 912 Å². The average molecular weight is 1680 g/mol. The molecule has 2 unspecified atom stereocenters. The first-order valence-electron chi connectivity index (χ1n) is 45.3. The molecule has 0 aromatic carbocycles. The number of hydrogen-bond donors (Lipinski definition) is 0. The molecule has 0 spiro atoms. The molecule has 0 saturated heterocycles. The van der Waals surface area contributed by atoms with Gasteiger partial charge < -0.3 is 0 Å². The van der Waals surface area contributed by atoms with Crippen molar-refractivity contribution in [3.8, 4) is 0 Å². The lowest BCUT2D eigenvalue weighted by Gasteiger charge is -2.40. The van der Waals surface area contributed by atoms with Gasteiger partial charge >= 0.3 is 0 Å². The maximum absolute atomic E-state index is 7.00. The Balaban J connectivity index is 12.3. The number of rotatable bonds is 88. The normalized spacial score (nSPS) is 14.1. The largest absolute Gasteiger partial charge is 0.106 e. The molecule has 589 valence electrons. The molecule has 0 aliphatic rings. The van der Waals surface area contributed by atoms with Crippen molar-refractivity contribution in [2.75, 3.05) is 0 Å². The highest BCUT2D eigenvalue weighted by molar-refractivity contribution is 6.45. The molecule has 139 radical (unpaired) electrons. The van der Waals surface area contributed by atoms with Gasteiger partial charge in [-0.3, -0.25) is 0 Å². The lowest BCUT2D eigenvalue weighted by atomic mass is 9.51. The van der Waals surface area contributed by atoms with E-state index in [1.54, 1.807) is 148 Å². The van der Waals surface area contributed by atoms with Gasteiger partial charge in [0.2, 0.25) is 0 Å². The Morgan fingerprint density at radius 3 is 0.212 bits per heavy atom. The van der Waals surface area contributed by atoms with Gasteiger partial charge in [-0.2, -0.15) is 0 Å². The third kappa shape index (κ3) is 78.0. The Morgan fingerprint density at radius 1 is 0.0730 bits per heavy atom. The van der Waals surface area contributed by atoms with Crippen molar-refractivity contribution in [1.82, 2.24) is 0 Å². The lowest BCUT2D eigenvalue weighted by Crippen LogP contribution is -2.33. The van der Waals surface area contributed by atoms with E-state index in [0.717, 1.165) is 0 Å². The fraction of sp³-hybridized carbons (Fsp3) is 0.517. The van der Waals surface area contributed by atoms with Crippen LogP contribution in [0.2, 0.25) is 137 Å². The fourth-order valence-electron chi connectivity index (χ4n) is 15.7. The summed E-state index contributed by atoms with van der Waals surface area (Å²) in [5.41, 5.74) is -26.5. The number of hydrogen-bond acceptors (Lipinski definition) is 0. The minimum Gasteiger partial charge on any atom is -0.106 e. The first-order chi connectivity index (χ1) is 63.5. The van der Waals surface area contributed by atoms with Gasteiger partial charge in [0.05, 0.1) is 377 Å². The maximum Gasteiger partial charge on any atom is 0.0579 e. The summed E-state index contributed by atoms with van der Waals surface area (Å²) in [6.07, 6.45) is 74.7. The Hall–Kier alpha value is 3.12. The summed E-state index contributed by atoms with van der Waals surface area (Å²) < 4.78 is 0. The summed E-state index contributed by atoms with van der Waals surface area (Å²) in [6, 6.07) is 0. The van der Waals surface area contributed by atoms with E-state index in [2.05, 4.69) is 0 Å². The molecule has 0 N–H and O–H groups in total. The summed E-state index contributed by atoms with van der Waals surface area (Å²) in [5, 5.41) is 0. The zero-order valence-electron chi connectivity index (χ0n) is 79.1. The SMILES string of the molecule is [B]C([B])[CH]C([CH]C([B])[B])[CH]C([CH]C([CH]C([B])[B])[CH]C([B])[B])[CH]C([CH]C([CH]C([CH]C([B])[B])[CH]C([B])[B])[CH]C([CH]C([B])[B])[CH]C([B])[B])[CH]C([CH]C([CH]C([CH]C([CH]C([B])[B])[CH]C([B])[B])[CH]C([CH]C([B])[B])[CH]C([B])[B])[CH]C([CH]C([CH]C([B])[B])[CH]C([B])[B])[CH]C([CH]C([B])[B])[CH]C([B])[B])[CH]C([CH]C([CH]C([CH]C([B])[B])[CH]C([B])[B])[CH]C([CH]C([B])[B])[CH]C([B])[B])[CH]C([CH]C([CH]C([B])[B])[CH]C([B])[B])[C@@H]([CH]C([B])[B])C([B])[B]. The summed E-state index contributed by atoms with van der Waals surface area (Å²) in [6.45, 7) is 0. The molecule has 0 aromatic rings. The highest BCUT2D eigenvalue weighted by Crippen LogP contribution is 2.49. The molecule has 0 fully saturated rings. The quantitative estimate of drug-likeness (QED) is 0.0809. The summed E-state index contributed by atoms with van der Waals surface area (Å²) in [4.78, 5) is 0. The van der Waals surface area contributed by atoms with Gasteiger partial charge in [0.1, 0.15) is 0 Å². The van der Waals surface area contributed by atoms with Crippen LogP contribution in [0.5, 0.6) is 0 Å². The average Bonchev–Trinajstić information content (AvgIpc) is 0.829. The molecule has 0 heterocycles. The molecular weight excluding hydrogens is 1590 g/mol. The second-order valence-corrected chi connectivity index (χ2v) is 34.8. The van der Waals surface area contributed by atoms with E-state index in [4.69, 9.17) is 377 Å². The molecule has 3 atom stereocenters. The Kier molecular flexibility index (Phi) is 80.1. The molecule has 137 heavy (non-hydrogen) atoms. The zero-order valence-corrected chi connectivity index (χ0v) is 79.1. The summed E-state index contributed by atoms with van der Waals surface area (Å²) >= 11 is 0. The van der Waals surface area contributed by atoms with Gasteiger partial charge in [0.15, 0.2) is 0 Å². The summed E-state index contributed by atoms with van der Waals surface area (Å²) in [7, 11) is 312. The van der Waals surface area contributed by atoms with Crippen LogP contribution >= 0.6 is 0 Å². The van der Waals surface area contributed by atoms with Crippen molar-refractivity contribution in [1.29, 1.82) is 0 Å². The van der Waals surface area contributed by atoms with Crippen LogP contribution in [-0.2, 0) is 0 Å². The van der Waals surface area contributed by atoms with Crippen LogP contribution in [0.15, 0.2) is 0 Å². The van der Waals surface area contributed by atoms with Crippen LogP contribution in [0.1, 0.15) is 0 Å². The third-order valence-corrected chi connectivity index (χ3v) is 20.0. The van der Waals surface area contributed by atoms with Crippen molar-refractivity contribution in [3.05, 3.63) is 276 Å². The van der Waals surface area contributed by atoms with Crippen LogP contribution in [0.25, 0.3) is 0 Å². The molecule has 0 aliphatic heterocycles. The molecular formula is C89H89B48. The van der Waals surface area contributed by atoms with Crippen molar-refractivity contribution >= 4 is 377 Å². The highest BCUT2D eigenvalue weighted by atomic mass is 14.4. The second kappa shape index (κ2) is 78.3. The monoisotopic (exact) mass is 1690 g/mol. The van der Waals surface area contributed by atoms with Gasteiger partial charge in [-0.25, -0.2) is 0 Å². The topological polar surface area (TPSA) is 0 Å². The molecule has 0 saturated carbocycles. The molecule has 0 aromatic heterocycles. The van der Waals surface area contributed by atoms with Crippen LogP contribution in [0.4, 0.5) is 0 Å². The van der Waals surface area contributed by atoms with Gasteiger partial charge in [0, 0.05) is 0 Å². The van der Waals surface area contributed by atoms with Crippen LogP contribution in [0.3, 0.4) is 0 Å². The molecule has 0 bridgehead atoms. The minimum atomic E-state index is -1.28. The van der Waals surface area contributed by atoms with E-state index in [1.807, 2.05) is 128 Å². The molecule has 0 amide bonds.